The Labute approximate surface area is 153 Å². The number of carbonyl (C=O) groups is 1. The van der Waals surface area contributed by atoms with Gasteiger partial charge in [0.2, 0.25) is 5.91 Å². The molecule has 134 valence electrons. The number of nitrogens with zero attached hydrogens (tertiary/aromatic N) is 3. The number of nitrogens with one attached hydrogen (secondary N) is 1. The summed E-state index contributed by atoms with van der Waals surface area (Å²) in [6.45, 7) is 4.35. The zero-order valence-electron chi connectivity index (χ0n) is 15.1. The quantitative estimate of drug-likeness (QED) is 0.731. The molecule has 1 aliphatic rings. The Morgan fingerprint density at radius 2 is 2.00 bits per heavy atom. The van der Waals surface area contributed by atoms with Crippen LogP contribution in [0.3, 0.4) is 0 Å². The third kappa shape index (κ3) is 4.84. The summed E-state index contributed by atoms with van der Waals surface area (Å²) >= 11 is 1.45. The Morgan fingerprint density at radius 3 is 2.64 bits per heavy atom. The van der Waals surface area contributed by atoms with Gasteiger partial charge in [-0.05, 0) is 30.7 Å². The van der Waals surface area contributed by atoms with Crippen LogP contribution in [-0.2, 0) is 11.8 Å². The molecule has 1 saturated carbocycles. The lowest BCUT2D eigenvalue weighted by Crippen LogP contribution is -2.31. The fraction of sp³-hybridized carbons (Fsp3) is 0.526. The highest BCUT2D eigenvalue weighted by molar-refractivity contribution is 7.99. The number of aromatic nitrogens is 3. The van der Waals surface area contributed by atoms with Crippen LogP contribution >= 0.6 is 11.8 Å². The van der Waals surface area contributed by atoms with Gasteiger partial charge in [0.25, 0.3) is 0 Å². The molecule has 0 radical (unpaired) electrons. The minimum Gasteiger partial charge on any atom is -0.349 e. The van der Waals surface area contributed by atoms with Crippen molar-refractivity contribution in [2.75, 3.05) is 5.75 Å². The lowest BCUT2D eigenvalue weighted by atomic mass is 9.97. The molecule has 1 fully saturated rings. The second kappa shape index (κ2) is 8.04. The van der Waals surface area contributed by atoms with Gasteiger partial charge in [-0.15, -0.1) is 10.2 Å². The molecular formula is C19H26N4OS. The largest absolute Gasteiger partial charge is 0.349 e. The van der Waals surface area contributed by atoms with Crippen LogP contribution in [-0.4, -0.2) is 26.4 Å². The number of benzene rings is 1. The molecule has 1 aromatic heterocycles. The number of carbonyl (C=O) groups excluding carboxylic acids is 1. The molecule has 0 unspecified atom stereocenters. The van der Waals surface area contributed by atoms with Crippen molar-refractivity contribution < 1.29 is 4.79 Å². The molecule has 1 N–H and O–H groups in total. The van der Waals surface area contributed by atoms with E-state index in [1.54, 1.807) is 0 Å². The first-order chi connectivity index (χ1) is 12.0. The van der Waals surface area contributed by atoms with Gasteiger partial charge in [0.1, 0.15) is 5.82 Å². The summed E-state index contributed by atoms with van der Waals surface area (Å²) in [6.07, 6.45) is 3.33. The van der Waals surface area contributed by atoms with E-state index in [0.29, 0.717) is 17.6 Å². The van der Waals surface area contributed by atoms with Crippen molar-refractivity contribution in [3.63, 3.8) is 0 Å². The number of hydrogen-bond acceptors (Lipinski definition) is 4. The van der Waals surface area contributed by atoms with Gasteiger partial charge in [-0.25, -0.2) is 0 Å². The first-order valence-electron chi connectivity index (χ1n) is 8.91. The molecular weight excluding hydrogens is 332 g/mol. The van der Waals surface area contributed by atoms with Gasteiger partial charge in [-0.1, -0.05) is 55.9 Å². The van der Waals surface area contributed by atoms with Crippen LogP contribution in [0.5, 0.6) is 0 Å². The Kier molecular flexibility index (Phi) is 5.78. The maximum absolute atomic E-state index is 12.5. The summed E-state index contributed by atoms with van der Waals surface area (Å²) in [7, 11) is 1.99. The molecule has 1 aromatic carbocycles. The fourth-order valence-corrected chi connectivity index (χ4v) is 3.68. The first-order valence-corrected chi connectivity index (χ1v) is 9.89. The van der Waals surface area contributed by atoms with Crippen molar-refractivity contribution in [3.8, 4) is 0 Å². The van der Waals surface area contributed by atoms with Crippen molar-refractivity contribution in [1.82, 2.24) is 20.1 Å². The molecule has 1 aliphatic carbocycles. The van der Waals surface area contributed by atoms with E-state index in [-0.39, 0.29) is 11.9 Å². The molecule has 0 saturated heterocycles. The van der Waals surface area contributed by atoms with Crippen LogP contribution < -0.4 is 5.32 Å². The molecule has 25 heavy (non-hydrogen) atoms. The highest BCUT2D eigenvalue weighted by atomic mass is 32.2. The normalized spacial score (nSPS) is 15.4. The fourth-order valence-electron chi connectivity index (χ4n) is 2.95. The van der Waals surface area contributed by atoms with E-state index in [0.717, 1.165) is 23.0 Å². The summed E-state index contributed by atoms with van der Waals surface area (Å²) in [4.78, 5) is 12.5. The van der Waals surface area contributed by atoms with E-state index in [9.17, 15) is 4.79 Å². The molecule has 2 aromatic rings. The third-order valence-electron chi connectivity index (χ3n) is 4.39. The molecule has 6 heteroatoms. The van der Waals surface area contributed by atoms with Gasteiger partial charge in [-0.2, -0.15) is 0 Å². The van der Waals surface area contributed by atoms with Crippen LogP contribution in [0.4, 0.5) is 0 Å². The van der Waals surface area contributed by atoms with E-state index in [1.165, 1.54) is 24.6 Å². The SMILES string of the molecule is CC(C)C[C@@H](NC(=O)CSc1nnc(C2CC2)n1C)c1ccccc1. The summed E-state index contributed by atoms with van der Waals surface area (Å²) in [5.74, 6) is 2.52. The highest BCUT2D eigenvalue weighted by Crippen LogP contribution is 2.39. The van der Waals surface area contributed by atoms with Crippen LogP contribution in [0.1, 0.15) is 56.5 Å². The van der Waals surface area contributed by atoms with E-state index in [4.69, 9.17) is 0 Å². The summed E-state index contributed by atoms with van der Waals surface area (Å²) in [5, 5.41) is 12.5. The third-order valence-corrected chi connectivity index (χ3v) is 5.41. The van der Waals surface area contributed by atoms with E-state index >= 15 is 0 Å². The van der Waals surface area contributed by atoms with Crippen molar-refractivity contribution in [1.29, 1.82) is 0 Å². The zero-order valence-corrected chi connectivity index (χ0v) is 15.9. The van der Waals surface area contributed by atoms with Gasteiger partial charge in [0.05, 0.1) is 11.8 Å². The Morgan fingerprint density at radius 1 is 1.28 bits per heavy atom. The van der Waals surface area contributed by atoms with Crippen LogP contribution in [0.2, 0.25) is 0 Å². The topological polar surface area (TPSA) is 59.8 Å². The lowest BCUT2D eigenvalue weighted by molar-refractivity contribution is -0.119. The maximum atomic E-state index is 12.5. The van der Waals surface area contributed by atoms with Gasteiger partial charge < -0.3 is 9.88 Å². The molecule has 1 atom stereocenters. The van der Waals surface area contributed by atoms with E-state index < -0.39 is 0 Å². The van der Waals surface area contributed by atoms with Crippen molar-refractivity contribution in [3.05, 3.63) is 41.7 Å². The molecule has 5 nitrogen and oxygen atoms in total. The van der Waals surface area contributed by atoms with Gasteiger partial charge in [0.15, 0.2) is 5.16 Å². The van der Waals surface area contributed by atoms with Crippen molar-refractivity contribution in [2.45, 2.75) is 50.2 Å². The monoisotopic (exact) mass is 358 g/mol. The van der Waals surface area contributed by atoms with Gasteiger partial charge in [-0.3, -0.25) is 4.79 Å². The Balaban J connectivity index is 1.58. The zero-order chi connectivity index (χ0) is 17.8. The smallest absolute Gasteiger partial charge is 0.230 e. The second-order valence-electron chi connectivity index (χ2n) is 7.12. The first kappa shape index (κ1) is 18.0. The van der Waals surface area contributed by atoms with Crippen LogP contribution in [0.15, 0.2) is 35.5 Å². The molecule has 0 aliphatic heterocycles. The number of thioether (sulfide) groups is 1. The van der Waals surface area contributed by atoms with E-state index in [2.05, 4.69) is 41.5 Å². The highest BCUT2D eigenvalue weighted by Gasteiger charge is 2.29. The van der Waals surface area contributed by atoms with Crippen LogP contribution in [0.25, 0.3) is 0 Å². The van der Waals surface area contributed by atoms with Crippen molar-refractivity contribution in [2.24, 2.45) is 13.0 Å². The maximum Gasteiger partial charge on any atom is 0.230 e. The minimum absolute atomic E-state index is 0.0375. The predicted octanol–water partition coefficient (Wildman–Crippen LogP) is 3.69. The molecule has 1 heterocycles. The second-order valence-corrected chi connectivity index (χ2v) is 8.07. The standard InChI is InChI=1S/C19H26N4OS/c1-13(2)11-16(14-7-5-4-6-8-14)20-17(24)12-25-19-22-21-18(23(19)3)15-9-10-15/h4-8,13,15-16H,9-12H2,1-3H3,(H,20,24)/t16-/m1/s1. The lowest BCUT2D eigenvalue weighted by Gasteiger charge is -2.21. The number of amides is 1. The van der Waals surface area contributed by atoms with Gasteiger partial charge >= 0.3 is 0 Å². The Bertz CT molecular complexity index is 709. The van der Waals surface area contributed by atoms with Crippen LogP contribution in [0, 0.1) is 5.92 Å². The molecule has 3 rings (SSSR count). The molecule has 1 amide bonds. The van der Waals surface area contributed by atoms with Crippen molar-refractivity contribution >= 4 is 17.7 Å². The average molecular weight is 359 g/mol. The van der Waals surface area contributed by atoms with E-state index in [1.807, 2.05) is 29.8 Å². The summed E-state index contributed by atoms with van der Waals surface area (Å²) in [5.41, 5.74) is 1.16. The predicted molar refractivity (Wildman–Crippen MR) is 100 cm³/mol. The summed E-state index contributed by atoms with van der Waals surface area (Å²) < 4.78 is 2.03. The number of rotatable bonds is 8. The Hall–Kier alpha value is -1.82. The minimum atomic E-state index is 0.0375. The average Bonchev–Trinajstić information content (AvgIpc) is 3.36. The molecule has 0 bridgehead atoms. The number of hydrogen-bond donors (Lipinski definition) is 1. The summed E-state index contributed by atoms with van der Waals surface area (Å²) in [6, 6.07) is 10.2. The van der Waals surface area contributed by atoms with Gasteiger partial charge in [0, 0.05) is 13.0 Å². The molecule has 0 spiro atoms.